The van der Waals surface area contributed by atoms with Crippen LogP contribution in [-0.2, 0) is 10.2 Å². The van der Waals surface area contributed by atoms with Gasteiger partial charge in [0, 0.05) is 37.2 Å². The van der Waals surface area contributed by atoms with Gasteiger partial charge in [-0.05, 0) is 30.5 Å². The third kappa shape index (κ3) is 2.62. The number of benzene rings is 1. The van der Waals surface area contributed by atoms with Crippen LogP contribution < -0.4 is 9.47 Å². The van der Waals surface area contributed by atoms with E-state index in [9.17, 15) is 4.79 Å². The number of allylic oxidation sites excluding steroid dienone is 2. The summed E-state index contributed by atoms with van der Waals surface area (Å²) in [5.74, 6) is 1.67. The minimum absolute atomic E-state index is 0.0821. The molecule has 0 unspecified atom stereocenters. The van der Waals surface area contributed by atoms with Crippen LogP contribution in [-0.4, -0.2) is 38.0 Å². The van der Waals surface area contributed by atoms with Gasteiger partial charge in [-0.15, -0.1) is 0 Å². The van der Waals surface area contributed by atoms with E-state index >= 15 is 0 Å². The van der Waals surface area contributed by atoms with Gasteiger partial charge in [0.25, 0.3) is 0 Å². The maximum atomic E-state index is 11.9. The van der Waals surface area contributed by atoms with Gasteiger partial charge < -0.3 is 14.4 Å². The third-order valence-corrected chi connectivity index (χ3v) is 4.94. The fourth-order valence-corrected chi connectivity index (χ4v) is 3.71. The molecule has 1 aliphatic heterocycles. The van der Waals surface area contributed by atoms with Crippen LogP contribution >= 0.6 is 0 Å². The molecule has 0 amide bonds. The van der Waals surface area contributed by atoms with Crippen molar-refractivity contribution in [3.05, 3.63) is 48.2 Å². The van der Waals surface area contributed by atoms with Crippen molar-refractivity contribution < 1.29 is 14.3 Å². The van der Waals surface area contributed by atoms with E-state index in [4.69, 9.17) is 9.47 Å². The molecule has 1 aromatic rings. The maximum absolute atomic E-state index is 11.9. The number of nitrogens with zero attached hydrogens (tertiary/aromatic N) is 1. The Kier molecular flexibility index (Phi) is 4.16. The largest absolute Gasteiger partial charge is 0.493 e. The molecule has 4 heteroatoms. The Hall–Kier alpha value is -2.23. The van der Waals surface area contributed by atoms with Crippen LogP contribution in [0.1, 0.15) is 24.8 Å². The Morgan fingerprint density at radius 1 is 1.35 bits per heavy atom. The van der Waals surface area contributed by atoms with Crippen molar-refractivity contribution in [3.63, 3.8) is 0 Å². The third-order valence-electron chi connectivity index (χ3n) is 4.94. The summed E-state index contributed by atoms with van der Waals surface area (Å²) < 4.78 is 11.2. The first-order chi connectivity index (χ1) is 11.1. The molecule has 3 rings (SSSR count). The number of likely N-dealkylation sites (N-methyl/N-ethyl adjacent to an activating group) is 1. The molecular weight excluding hydrogens is 290 g/mol. The summed E-state index contributed by atoms with van der Waals surface area (Å²) in [4.78, 5) is 14.1. The predicted molar refractivity (Wildman–Crippen MR) is 89.9 cm³/mol. The molecule has 0 aromatic heterocycles. The smallest absolute Gasteiger partial charge is 0.161 e. The van der Waals surface area contributed by atoms with E-state index in [1.165, 1.54) is 5.56 Å². The summed E-state index contributed by atoms with van der Waals surface area (Å²) in [6, 6.07) is 6.11. The predicted octanol–water partition coefficient (Wildman–Crippen LogP) is 3.08. The summed E-state index contributed by atoms with van der Waals surface area (Å²) in [6.45, 7) is 5.10. The Balaban J connectivity index is 2.05. The van der Waals surface area contributed by atoms with Gasteiger partial charge in [-0.3, -0.25) is 4.79 Å². The Labute approximate surface area is 137 Å². The molecule has 1 aliphatic carbocycles. The van der Waals surface area contributed by atoms with Crippen molar-refractivity contribution in [2.45, 2.75) is 24.7 Å². The lowest BCUT2D eigenvalue weighted by Crippen LogP contribution is -2.32. The highest BCUT2D eigenvalue weighted by molar-refractivity contribution is 5.92. The number of rotatable bonds is 5. The Morgan fingerprint density at radius 3 is 2.91 bits per heavy atom. The number of methoxy groups -OCH3 is 1. The van der Waals surface area contributed by atoms with Crippen LogP contribution in [0.5, 0.6) is 11.5 Å². The first kappa shape index (κ1) is 15.7. The Bertz CT molecular complexity index is 665. The number of hydrogen-bond acceptors (Lipinski definition) is 4. The molecule has 0 N–H and O–H groups in total. The zero-order valence-electron chi connectivity index (χ0n) is 13.8. The molecule has 122 valence electrons. The van der Waals surface area contributed by atoms with Gasteiger partial charge >= 0.3 is 0 Å². The van der Waals surface area contributed by atoms with Crippen LogP contribution in [0.2, 0.25) is 0 Å². The first-order valence-electron chi connectivity index (χ1n) is 7.99. The summed E-state index contributed by atoms with van der Waals surface area (Å²) in [7, 11) is 3.70. The average molecular weight is 313 g/mol. The lowest BCUT2D eigenvalue weighted by atomic mass is 9.70. The second kappa shape index (κ2) is 6.11. The van der Waals surface area contributed by atoms with Crippen molar-refractivity contribution in [1.29, 1.82) is 0 Å². The number of ether oxygens (including phenoxy) is 2. The van der Waals surface area contributed by atoms with E-state index in [0.29, 0.717) is 13.0 Å². The van der Waals surface area contributed by atoms with Crippen molar-refractivity contribution in [1.82, 2.24) is 4.90 Å². The SMILES string of the molecule is C=CCOc1cc([C@@]23CCC(=O)C=C2N(C)CC3)ccc1OC. The van der Waals surface area contributed by atoms with Crippen LogP contribution in [0.4, 0.5) is 0 Å². The first-order valence-corrected chi connectivity index (χ1v) is 7.99. The minimum Gasteiger partial charge on any atom is -0.493 e. The lowest BCUT2D eigenvalue weighted by Gasteiger charge is -2.35. The van der Waals surface area contributed by atoms with E-state index in [0.717, 1.165) is 36.6 Å². The highest BCUT2D eigenvalue weighted by Gasteiger charge is 2.45. The number of hydrogen-bond donors (Lipinski definition) is 0. The second-order valence-electron chi connectivity index (χ2n) is 6.21. The molecule has 1 saturated heterocycles. The Morgan fingerprint density at radius 2 is 2.17 bits per heavy atom. The van der Waals surface area contributed by atoms with Gasteiger partial charge in [0.2, 0.25) is 0 Å². The second-order valence-corrected chi connectivity index (χ2v) is 6.21. The van der Waals surface area contributed by atoms with E-state index < -0.39 is 0 Å². The topological polar surface area (TPSA) is 38.8 Å². The summed E-state index contributed by atoms with van der Waals surface area (Å²) in [5.41, 5.74) is 2.25. The average Bonchev–Trinajstić information content (AvgIpc) is 2.90. The zero-order valence-corrected chi connectivity index (χ0v) is 13.8. The molecule has 4 nitrogen and oxygen atoms in total. The van der Waals surface area contributed by atoms with Crippen molar-refractivity contribution in [2.24, 2.45) is 0 Å². The van der Waals surface area contributed by atoms with Crippen molar-refractivity contribution >= 4 is 5.78 Å². The normalized spacial score (nSPS) is 23.3. The van der Waals surface area contributed by atoms with E-state index in [1.54, 1.807) is 13.2 Å². The zero-order chi connectivity index (χ0) is 16.4. The number of carbonyl (C=O) groups excluding carboxylic acids is 1. The van der Waals surface area contributed by atoms with Gasteiger partial charge in [-0.1, -0.05) is 18.7 Å². The molecule has 0 radical (unpaired) electrons. The van der Waals surface area contributed by atoms with Crippen LogP contribution in [0, 0.1) is 0 Å². The van der Waals surface area contributed by atoms with Crippen LogP contribution in [0.3, 0.4) is 0 Å². The molecule has 23 heavy (non-hydrogen) atoms. The highest BCUT2D eigenvalue weighted by atomic mass is 16.5. The number of carbonyl (C=O) groups is 1. The fourth-order valence-electron chi connectivity index (χ4n) is 3.71. The molecule has 1 fully saturated rings. The number of fused-ring (bicyclic) bond motifs is 1. The van der Waals surface area contributed by atoms with E-state index in [2.05, 4.69) is 30.7 Å². The molecule has 0 spiro atoms. The lowest BCUT2D eigenvalue weighted by molar-refractivity contribution is -0.115. The maximum Gasteiger partial charge on any atom is 0.161 e. The molecule has 1 heterocycles. The quantitative estimate of drug-likeness (QED) is 0.783. The molecule has 1 atom stereocenters. The summed E-state index contributed by atoms with van der Waals surface area (Å²) in [5, 5.41) is 0. The standard InChI is InChI=1S/C19H23NO3/c1-4-11-23-17-12-14(5-6-16(17)22-3)19-8-7-15(21)13-18(19)20(2)10-9-19/h4-6,12-13H,1,7-11H2,2-3H3/t19-/m0/s1. The molecule has 1 aromatic carbocycles. The molecule has 0 saturated carbocycles. The van der Waals surface area contributed by atoms with Crippen molar-refractivity contribution in [2.75, 3.05) is 27.3 Å². The van der Waals surface area contributed by atoms with Gasteiger partial charge in [0.15, 0.2) is 17.3 Å². The van der Waals surface area contributed by atoms with Crippen LogP contribution in [0.15, 0.2) is 42.6 Å². The van der Waals surface area contributed by atoms with Crippen molar-refractivity contribution in [3.8, 4) is 11.5 Å². The molecule has 0 bridgehead atoms. The summed E-state index contributed by atoms with van der Waals surface area (Å²) >= 11 is 0. The van der Waals surface area contributed by atoms with E-state index in [1.807, 2.05) is 12.1 Å². The highest BCUT2D eigenvalue weighted by Crippen LogP contribution is 2.49. The van der Waals surface area contributed by atoms with Gasteiger partial charge in [0.1, 0.15) is 6.61 Å². The van der Waals surface area contributed by atoms with Crippen LogP contribution in [0.25, 0.3) is 0 Å². The minimum atomic E-state index is -0.0821. The number of likely N-dealkylation sites (tertiary alicyclic amines) is 1. The molecular formula is C19H23NO3. The van der Waals surface area contributed by atoms with Gasteiger partial charge in [-0.25, -0.2) is 0 Å². The monoisotopic (exact) mass is 313 g/mol. The van der Waals surface area contributed by atoms with Gasteiger partial charge in [-0.2, -0.15) is 0 Å². The van der Waals surface area contributed by atoms with Gasteiger partial charge in [0.05, 0.1) is 7.11 Å². The number of ketones is 1. The fraction of sp³-hybridized carbons (Fsp3) is 0.421. The molecule has 2 aliphatic rings. The summed E-state index contributed by atoms with van der Waals surface area (Å²) in [6.07, 6.45) is 6.03. The van der Waals surface area contributed by atoms with E-state index in [-0.39, 0.29) is 11.2 Å².